The van der Waals surface area contributed by atoms with E-state index in [1.54, 1.807) is 0 Å². The molecule has 0 saturated heterocycles. The third-order valence-corrected chi connectivity index (χ3v) is 5.56. The highest BCUT2D eigenvalue weighted by Gasteiger charge is 2.49. The molecule has 0 bridgehead atoms. The predicted octanol–water partition coefficient (Wildman–Crippen LogP) is 3.27. The normalized spacial score (nSPS) is 16.0. The van der Waals surface area contributed by atoms with Crippen molar-refractivity contribution in [3.63, 3.8) is 0 Å². The number of amides is 1. The van der Waals surface area contributed by atoms with E-state index in [9.17, 15) is 4.79 Å². The molecule has 5 heteroatoms. The van der Waals surface area contributed by atoms with E-state index in [1.807, 2.05) is 32.2 Å². The average Bonchev–Trinajstić information content (AvgIpc) is 3.26. The summed E-state index contributed by atoms with van der Waals surface area (Å²) in [6.45, 7) is 6.14. The van der Waals surface area contributed by atoms with Gasteiger partial charge in [0.15, 0.2) is 5.65 Å². The largest absolute Gasteiger partial charge is 0.370 e. The van der Waals surface area contributed by atoms with Gasteiger partial charge >= 0.3 is 0 Å². The third-order valence-electron chi connectivity index (χ3n) is 5.56. The summed E-state index contributed by atoms with van der Waals surface area (Å²) in [5.74, 6) is 0.670. The lowest BCUT2D eigenvalue weighted by atomic mass is 9.82. The molecular formula is C21H24N4O. The van der Waals surface area contributed by atoms with E-state index >= 15 is 0 Å². The van der Waals surface area contributed by atoms with E-state index in [2.05, 4.69) is 45.8 Å². The van der Waals surface area contributed by atoms with E-state index in [0.717, 1.165) is 29.9 Å². The number of hydrogen-bond acceptors (Lipinski definition) is 3. The maximum atomic E-state index is 11.5. The number of aryl methyl sites for hydroxylation is 1. The van der Waals surface area contributed by atoms with Gasteiger partial charge in [-0.2, -0.15) is 0 Å². The van der Waals surface area contributed by atoms with Gasteiger partial charge in [0.1, 0.15) is 5.82 Å². The number of carbonyl (C=O) groups excluding carboxylic acids is 1. The van der Waals surface area contributed by atoms with Gasteiger partial charge < -0.3 is 5.73 Å². The molecule has 1 aliphatic rings. The van der Waals surface area contributed by atoms with Gasteiger partial charge in [-0.25, -0.2) is 0 Å². The Morgan fingerprint density at radius 2 is 1.88 bits per heavy atom. The lowest BCUT2D eigenvalue weighted by Crippen LogP contribution is -2.27. The van der Waals surface area contributed by atoms with E-state index in [4.69, 9.17) is 5.73 Å². The highest BCUT2D eigenvalue weighted by atomic mass is 16.1. The summed E-state index contributed by atoms with van der Waals surface area (Å²) < 4.78 is 2.09. The van der Waals surface area contributed by atoms with Gasteiger partial charge in [0, 0.05) is 23.6 Å². The predicted molar refractivity (Wildman–Crippen MR) is 101 cm³/mol. The van der Waals surface area contributed by atoms with E-state index in [-0.39, 0.29) is 23.2 Å². The zero-order chi connectivity index (χ0) is 18.5. The molecule has 2 aromatic heterocycles. The van der Waals surface area contributed by atoms with Gasteiger partial charge in [-0.1, -0.05) is 49.7 Å². The molecule has 3 aromatic rings. The fraction of sp³-hybridized carbons (Fsp3) is 0.381. The maximum Gasteiger partial charge on any atom is 0.218 e. The van der Waals surface area contributed by atoms with Crippen molar-refractivity contribution < 1.29 is 4.79 Å². The number of primary amides is 1. The minimum absolute atomic E-state index is 0.0560. The molecule has 1 aliphatic carbocycles. The second-order valence-electron chi connectivity index (χ2n) is 8.11. The standard InChI is InChI=1S/C21H24N4O/c1-14-6-8-15(9-7-14)21(10-11-21)19-24-23-18-16(5-4-12-25(18)19)20(2,3)13-17(22)26/h4-9,12H,10-11,13H2,1-3H3,(H2,22,26). The van der Waals surface area contributed by atoms with Crippen LogP contribution in [-0.4, -0.2) is 20.5 Å². The first-order chi connectivity index (χ1) is 12.3. The number of nitrogens with zero attached hydrogens (tertiary/aromatic N) is 3. The molecule has 1 amide bonds. The Morgan fingerprint density at radius 1 is 1.19 bits per heavy atom. The summed E-state index contributed by atoms with van der Waals surface area (Å²) in [4.78, 5) is 11.5. The summed E-state index contributed by atoms with van der Waals surface area (Å²) in [6.07, 6.45) is 4.44. The van der Waals surface area contributed by atoms with Crippen molar-refractivity contribution >= 4 is 11.6 Å². The molecule has 0 atom stereocenters. The quantitative estimate of drug-likeness (QED) is 0.769. The van der Waals surface area contributed by atoms with Crippen molar-refractivity contribution in [3.05, 3.63) is 65.1 Å². The Bertz CT molecular complexity index is 981. The Hall–Kier alpha value is -2.69. The number of aromatic nitrogens is 3. The molecular weight excluding hydrogens is 324 g/mol. The summed E-state index contributed by atoms with van der Waals surface area (Å²) in [7, 11) is 0. The van der Waals surface area contributed by atoms with Crippen LogP contribution in [0.4, 0.5) is 0 Å². The zero-order valence-corrected chi connectivity index (χ0v) is 15.5. The number of benzene rings is 1. The van der Waals surface area contributed by atoms with Crippen LogP contribution in [0.3, 0.4) is 0 Å². The molecule has 0 aliphatic heterocycles. The van der Waals surface area contributed by atoms with Crippen molar-refractivity contribution in [2.45, 2.75) is 50.9 Å². The first kappa shape index (κ1) is 16.8. The van der Waals surface area contributed by atoms with Gasteiger partial charge in [0.05, 0.1) is 5.41 Å². The maximum absolute atomic E-state index is 11.5. The van der Waals surface area contributed by atoms with Crippen LogP contribution in [0.1, 0.15) is 55.6 Å². The summed E-state index contributed by atoms with van der Waals surface area (Å²) in [5, 5.41) is 9.08. The van der Waals surface area contributed by atoms with Gasteiger partial charge in [-0.05, 0) is 31.4 Å². The van der Waals surface area contributed by atoms with Crippen molar-refractivity contribution in [2.75, 3.05) is 0 Å². The van der Waals surface area contributed by atoms with Crippen LogP contribution in [-0.2, 0) is 15.6 Å². The number of rotatable bonds is 5. The van der Waals surface area contributed by atoms with Crippen molar-refractivity contribution in [1.29, 1.82) is 0 Å². The first-order valence-electron chi connectivity index (χ1n) is 9.04. The minimum Gasteiger partial charge on any atom is -0.370 e. The Morgan fingerprint density at radius 3 is 2.50 bits per heavy atom. The molecule has 2 heterocycles. The van der Waals surface area contributed by atoms with Crippen LogP contribution in [0.5, 0.6) is 0 Å². The van der Waals surface area contributed by atoms with Gasteiger partial charge in [-0.3, -0.25) is 9.20 Å². The molecule has 0 spiro atoms. The average molecular weight is 348 g/mol. The molecule has 2 N–H and O–H groups in total. The molecule has 1 aromatic carbocycles. The summed E-state index contributed by atoms with van der Waals surface area (Å²) in [6, 6.07) is 12.7. The van der Waals surface area contributed by atoms with Crippen molar-refractivity contribution in [3.8, 4) is 0 Å². The zero-order valence-electron chi connectivity index (χ0n) is 15.5. The van der Waals surface area contributed by atoms with Crippen molar-refractivity contribution in [2.24, 2.45) is 5.73 Å². The fourth-order valence-corrected chi connectivity index (χ4v) is 3.94. The van der Waals surface area contributed by atoms with Crippen LogP contribution >= 0.6 is 0 Å². The number of fused-ring (bicyclic) bond motifs is 1. The number of pyridine rings is 1. The first-order valence-corrected chi connectivity index (χ1v) is 9.04. The molecule has 0 radical (unpaired) electrons. The molecule has 134 valence electrons. The van der Waals surface area contributed by atoms with Gasteiger partial charge in [0.25, 0.3) is 0 Å². The van der Waals surface area contributed by atoms with E-state index < -0.39 is 0 Å². The van der Waals surface area contributed by atoms with Crippen LogP contribution in [0.15, 0.2) is 42.6 Å². The molecule has 1 fully saturated rings. The van der Waals surface area contributed by atoms with E-state index in [0.29, 0.717) is 0 Å². The second-order valence-corrected chi connectivity index (χ2v) is 8.11. The topological polar surface area (TPSA) is 73.3 Å². The Balaban J connectivity index is 1.83. The van der Waals surface area contributed by atoms with E-state index in [1.165, 1.54) is 11.1 Å². The van der Waals surface area contributed by atoms with Gasteiger partial charge in [-0.15, -0.1) is 10.2 Å². The summed E-state index contributed by atoms with van der Waals surface area (Å²) >= 11 is 0. The molecule has 5 nitrogen and oxygen atoms in total. The molecule has 0 unspecified atom stereocenters. The number of carbonyl (C=O) groups is 1. The van der Waals surface area contributed by atoms with Crippen LogP contribution in [0.2, 0.25) is 0 Å². The summed E-state index contributed by atoms with van der Waals surface area (Å²) in [5.41, 5.74) is 9.36. The Labute approximate surface area is 153 Å². The molecule has 1 saturated carbocycles. The smallest absolute Gasteiger partial charge is 0.218 e. The second kappa shape index (κ2) is 5.66. The molecule has 26 heavy (non-hydrogen) atoms. The lowest BCUT2D eigenvalue weighted by Gasteiger charge is -2.24. The monoisotopic (exact) mass is 348 g/mol. The van der Waals surface area contributed by atoms with Crippen LogP contribution in [0, 0.1) is 6.92 Å². The number of nitrogens with two attached hydrogens (primary N) is 1. The minimum atomic E-state index is -0.390. The lowest BCUT2D eigenvalue weighted by molar-refractivity contribution is -0.119. The SMILES string of the molecule is Cc1ccc(C2(c3nnc4c(C(C)(C)CC(N)=O)cccn34)CC2)cc1. The third kappa shape index (κ3) is 2.59. The molecule has 4 rings (SSSR count). The van der Waals surface area contributed by atoms with Crippen LogP contribution in [0.25, 0.3) is 5.65 Å². The van der Waals surface area contributed by atoms with Gasteiger partial charge in [0.2, 0.25) is 5.91 Å². The Kier molecular flexibility index (Phi) is 3.65. The highest BCUT2D eigenvalue weighted by molar-refractivity contribution is 5.76. The highest BCUT2D eigenvalue weighted by Crippen LogP contribution is 2.52. The van der Waals surface area contributed by atoms with Crippen LogP contribution < -0.4 is 5.73 Å². The number of hydrogen-bond donors (Lipinski definition) is 1. The fourth-order valence-electron chi connectivity index (χ4n) is 3.94. The van der Waals surface area contributed by atoms with Crippen molar-refractivity contribution in [1.82, 2.24) is 14.6 Å².